The number of hydrogen-bond acceptors (Lipinski definition) is 7. The molecule has 0 aromatic carbocycles. The second-order valence-electron chi connectivity index (χ2n) is 11.4. The van der Waals surface area contributed by atoms with Gasteiger partial charge in [0.05, 0.1) is 24.9 Å². The number of carbonyl (C=O) groups is 1. The standard InChI is InChI=1S/C24H34F2N4O5S/c25-24(26)10-17(24)11-29-5-3-15(4-6-29)14-36(32,33)30-19-1-2-20(30)8-18(7-19)27-23(31)21-9-22(35-28-21)16-12-34-13-16/h9,15-20H,1-8,10-14H2,(H,27,31). The number of aromatic nitrogens is 1. The van der Waals surface area contributed by atoms with E-state index in [9.17, 15) is 22.0 Å². The van der Waals surface area contributed by atoms with Crippen molar-refractivity contribution in [2.75, 3.05) is 38.6 Å². The fourth-order valence-electron chi connectivity index (χ4n) is 6.45. The van der Waals surface area contributed by atoms with E-state index >= 15 is 0 Å². The summed E-state index contributed by atoms with van der Waals surface area (Å²) in [5.41, 5.74) is 0.246. The van der Waals surface area contributed by atoms with Gasteiger partial charge in [-0.1, -0.05) is 5.16 Å². The first kappa shape index (κ1) is 24.7. The summed E-state index contributed by atoms with van der Waals surface area (Å²) in [5.74, 6) is -2.33. The smallest absolute Gasteiger partial charge is 0.273 e. The number of sulfonamides is 1. The van der Waals surface area contributed by atoms with E-state index in [4.69, 9.17) is 9.26 Å². The molecule has 2 bridgehead atoms. The van der Waals surface area contributed by atoms with Crippen LogP contribution in [0.2, 0.25) is 0 Å². The van der Waals surface area contributed by atoms with Gasteiger partial charge in [0.15, 0.2) is 5.69 Å². The lowest BCUT2D eigenvalue weighted by molar-refractivity contribution is -0.00228. The van der Waals surface area contributed by atoms with Gasteiger partial charge in [0, 0.05) is 43.1 Å². The molecule has 3 atom stereocenters. The molecule has 0 radical (unpaired) electrons. The third-order valence-corrected chi connectivity index (χ3v) is 10.8. The van der Waals surface area contributed by atoms with E-state index in [0.717, 1.165) is 25.7 Å². The highest BCUT2D eigenvalue weighted by Crippen LogP contribution is 2.49. The van der Waals surface area contributed by atoms with Crippen LogP contribution >= 0.6 is 0 Å². The van der Waals surface area contributed by atoms with Crippen molar-refractivity contribution >= 4 is 15.9 Å². The second-order valence-corrected chi connectivity index (χ2v) is 13.3. The molecule has 4 aliphatic heterocycles. The largest absolute Gasteiger partial charge is 0.380 e. The Labute approximate surface area is 209 Å². The van der Waals surface area contributed by atoms with Crippen LogP contribution in [0.1, 0.15) is 67.1 Å². The van der Waals surface area contributed by atoms with Gasteiger partial charge in [-0.3, -0.25) is 4.79 Å². The topological polar surface area (TPSA) is 105 Å². The zero-order valence-electron chi connectivity index (χ0n) is 20.3. The summed E-state index contributed by atoms with van der Waals surface area (Å²) < 4.78 is 65.4. The van der Waals surface area contributed by atoms with Gasteiger partial charge in [-0.15, -0.1) is 0 Å². The maximum Gasteiger partial charge on any atom is 0.273 e. The summed E-state index contributed by atoms with van der Waals surface area (Å²) in [6, 6.07) is 1.36. The molecule has 6 rings (SSSR count). The average Bonchev–Trinajstić information content (AvgIpc) is 3.10. The van der Waals surface area contributed by atoms with Gasteiger partial charge >= 0.3 is 0 Å². The Morgan fingerprint density at radius 1 is 1.14 bits per heavy atom. The highest BCUT2D eigenvalue weighted by atomic mass is 32.2. The van der Waals surface area contributed by atoms with Gasteiger partial charge in [0.1, 0.15) is 5.76 Å². The monoisotopic (exact) mass is 528 g/mol. The van der Waals surface area contributed by atoms with Crippen LogP contribution in [0.25, 0.3) is 0 Å². The third-order valence-electron chi connectivity index (χ3n) is 8.71. The summed E-state index contributed by atoms with van der Waals surface area (Å²) >= 11 is 0. The van der Waals surface area contributed by atoms with Gasteiger partial charge in [-0.25, -0.2) is 17.2 Å². The van der Waals surface area contributed by atoms with Gasteiger partial charge in [-0.2, -0.15) is 4.31 Å². The SMILES string of the molecule is O=C(NC1CC2CCC(C1)N2S(=O)(=O)CC1CCN(CC2CC2(F)F)CC1)c1cc(C2COC2)on1. The zero-order valence-corrected chi connectivity index (χ0v) is 21.1. The van der Waals surface area contributed by atoms with Crippen LogP contribution in [-0.4, -0.2) is 91.3 Å². The Hall–Kier alpha value is -1.63. The first-order chi connectivity index (χ1) is 17.2. The van der Waals surface area contributed by atoms with Crippen molar-refractivity contribution in [1.29, 1.82) is 0 Å². The summed E-state index contributed by atoms with van der Waals surface area (Å²) in [5, 5.41) is 6.94. The molecule has 4 saturated heterocycles. The van der Waals surface area contributed by atoms with Crippen LogP contribution < -0.4 is 5.32 Å². The molecule has 5 fully saturated rings. The molecule has 1 aliphatic carbocycles. The number of piperidine rings is 2. The number of carbonyl (C=O) groups excluding carboxylic acids is 1. The minimum absolute atomic E-state index is 0.0178. The van der Waals surface area contributed by atoms with Crippen LogP contribution in [0, 0.1) is 11.8 Å². The van der Waals surface area contributed by atoms with Gasteiger partial charge in [-0.05, 0) is 57.5 Å². The van der Waals surface area contributed by atoms with Crippen molar-refractivity contribution in [3.05, 3.63) is 17.5 Å². The second kappa shape index (κ2) is 9.28. The quantitative estimate of drug-likeness (QED) is 0.552. The number of halogens is 2. The Morgan fingerprint density at radius 3 is 2.39 bits per heavy atom. The molecule has 5 heterocycles. The Balaban J connectivity index is 1.00. The summed E-state index contributed by atoms with van der Waals surface area (Å²) in [6.07, 6.45) is 4.24. The molecule has 1 N–H and O–H groups in total. The van der Waals surface area contributed by atoms with E-state index in [0.29, 0.717) is 51.4 Å². The molecule has 1 amide bonds. The van der Waals surface area contributed by atoms with Crippen molar-refractivity contribution in [2.45, 2.75) is 74.9 Å². The number of ether oxygens (including phenoxy) is 1. The van der Waals surface area contributed by atoms with Crippen molar-refractivity contribution in [3.8, 4) is 0 Å². The minimum Gasteiger partial charge on any atom is -0.380 e. The van der Waals surface area contributed by atoms with E-state index in [-0.39, 0.29) is 53.7 Å². The molecule has 9 nitrogen and oxygen atoms in total. The average molecular weight is 529 g/mol. The Morgan fingerprint density at radius 2 is 1.81 bits per heavy atom. The molecular formula is C24H34F2N4O5S. The maximum atomic E-state index is 13.4. The van der Waals surface area contributed by atoms with Crippen LogP contribution in [0.15, 0.2) is 10.6 Å². The lowest BCUT2D eigenvalue weighted by Gasteiger charge is -2.39. The number of alkyl halides is 2. The van der Waals surface area contributed by atoms with Gasteiger partial charge in [0.2, 0.25) is 10.0 Å². The summed E-state index contributed by atoms with van der Waals surface area (Å²) in [4.78, 5) is 14.8. The molecule has 0 spiro atoms. The third kappa shape index (κ3) is 4.93. The molecule has 1 saturated carbocycles. The van der Waals surface area contributed by atoms with Crippen molar-refractivity contribution in [2.24, 2.45) is 11.8 Å². The number of likely N-dealkylation sites (tertiary alicyclic amines) is 1. The summed E-state index contributed by atoms with van der Waals surface area (Å²) in [7, 11) is -3.43. The van der Waals surface area contributed by atoms with E-state index in [1.54, 1.807) is 10.4 Å². The van der Waals surface area contributed by atoms with Crippen LogP contribution in [0.3, 0.4) is 0 Å². The Kier molecular flexibility index (Phi) is 6.37. The molecule has 36 heavy (non-hydrogen) atoms. The van der Waals surface area contributed by atoms with Crippen molar-refractivity contribution in [3.63, 3.8) is 0 Å². The molecule has 1 aromatic heterocycles. The Bertz CT molecular complexity index is 1070. The lowest BCUT2D eigenvalue weighted by Crippen LogP contribution is -2.53. The van der Waals surface area contributed by atoms with E-state index in [1.165, 1.54) is 0 Å². The fourth-order valence-corrected chi connectivity index (χ4v) is 8.85. The number of fused-ring (bicyclic) bond motifs is 2. The number of amides is 1. The summed E-state index contributed by atoms with van der Waals surface area (Å²) in [6.45, 7) is 2.94. The molecule has 5 aliphatic rings. The molecule has 12 heteroatoms. The first-order valence-electron chi connectivity index (χ1n) is 13.1. The highest BCUT2D eigenvalue weighted by Gasteiger charge is 2.57. The predicted octanol–water partition coefficient (Wildman–Crippen LogP) is 2.21. The molecule has 1 aromatic rings. The fraction of sp³-hybridized carbons (Fsp3) is 0.833. The van der Waals surface area contributed by atoms with Crippen LogP contribution in [0.5, 0.6) is 0 Å². The van der Waals surface area contributed by atoms with Crippen molar-refractivity contribution in [1.82, 2.24) is 19.7 Å². The van der Waals surface area contributed by atoms with Crippen LogP contribution in [-0.2, 0) is 14.8 Å². The molecule has 3 unspecified atom stereocenters. The van der Waals surface area contributed by atoms with E-state index < -0.39 is 21.9 Å². The normalized spacial score (nSPS) is 33.4. The van der Waals surface area contributed by atoms with Crippen molar-refractivity contribution < 1.29 is 31.3 Å². The number of nitrogens with zero attached hydrogens (tertiary/aromatic N) is 3. The first-order valence-corrected chi connectivity index (χ1v) is 14.8. The number of nitrogens with one attached hydrogen (secondary N) is 1. The zero-order chi connectivity index (χ0) is 25.1. The van der Waals surface area contributed by atoms with E-state index in [2.05, 4.69) is 15.4 Å². The van der Waals surface area contributed by atoms with Gasteiger partial charge < -0.3 is 19.5 Å². The highest BCUT2D eigenvalue weighted by molar-refractivity contribution is 7.89. The number of hydrogen-bond donors (Lipinski definition) is 1. The maximum absolute atomic E-state index is 13.4. The minimum atomic E-state index is -3.43. The predicted molar refractivity (Wildman–Crippen MR) is 125 cm³/mol. The molecular weight excluding hydrogens is 494 g/mol. The molecule has 200 valence electrons. The lowest BCUT2D eigenvalue weighted by atomic mass is 9.99. The van der Waals surface area contributed by atoms with Crippen LogP contribution in [0.4, 0.5) is 8.78 Å². The van der Waals surface area contributed by atoms with E-state index in [1.807, 2.05) is 0 Å². The van der Waals surface area contributed by atoms with Gasteiger partial charge in [0.25, 0.3) is 11.8 Å². The number of rotatable bonds is 8.